The Bertz CT molecular complexity index is 1590. The zero-order chi connectivity index (χ0) is 28.0. The van der Waals surface area contributed by atoms with Gasteiger partial charge in [-0.05, 0) is 105 Å². The SMILES string of the molecule is CC1=CC(C)(C)N(C)c2cc(Cl)c([C@H]3[C@@H](c4ccccn4)NC(=S)N3c3ccc(Oc4ccccc4)cc3)cc21. The van der Waals surface area contributed by atoms with Gasteiger partial charge in [-0.3, -0.25) is 4.98 Å². The molecule has 3 aromatic carbocycles. The van der Waals surface area contributed by atoms with E-state index < -0.39 is 0 Å². The van der Waals surface area contributed by atoms with Gasteiger partial charge in [0.25, 0.3) is 0 Å². The van der Waals surface area contributed by atoms with Gasteiger partial charge in [0.15, 0.2) is 5.11 Å². The van der Waals surface area contributed by atoms with Crippen molar-refractivity contribution >= 4 is 45.9 Å². The van der Waals surface area contributed by atoms with Crippen LogP contribution in [-0.4, -0.2) is 22.7 Å². The molecule has 2 aliphatic rings. The topological polar surface area (TPSA) is 40.6 Å². The lowest BCUT2D eigenvalue weighted by Gasteiger charge is -2.41. The van der Waals surface area contributed by atoms with Crippen LogP contribution in [0.2, 0.25) is 5.02 Å². The van der Waals surface area contributed by atoms with Crippen molar-refractivity contribution in [1.29, 1.82) is 0 Å². The number of allylic oxidation sites excluding steroid dienone is 1. The molecule has 4 aromatic rings. The first-order valence-electron chi connectivity index (χ1n) is 13.3. The summed E-state index contributed by atoms with van der Waals surface area (Å²) in [4.78, 5) is 9.11. The van der Waals surface area contributed by atoms with Gasteiger partial charge >= 0.3 is 0 Å². The van der Waals surface area contributed by atoms with Gasteiger partial charge in [0.2, 0.25) is 0 Å². The number of benzene rings is 3. The molecular formula is C33H31ClN4OS. The zero-order valence-corrected chi connectivity index (χ0v) is 24.5. The molecule has 2 aliphatic heterocycles. The summed E-state index contributed by atoms with van der Waals surface area (Å²) < 4.78 is 6.04. The summed E-state index contributed by atoms with van der Waals surface area (Å²) in [5, 5.41) is 4.86. The van der Waals surface area contributed by atoms with Gasteiger partial charge in [0, 0.05) is 35.2 Å². The highest BCUT2D eigenvalue weighted by Crippen LogP contribution is 2.48. The number of para-hydroxylation sites is 1. The molecule has 1 N–H and O–H groups in total. The Hall–Kier alpha value is -3.87. The summed E-state index contributed by atoms with van der Waals surface area (Å²) >= 11 is 13.1. The van der Waals surface area contributed by atoms with E-state index in [9.17, 15) is 0 Å². The van der Waals surface area contributed by atoms with Crippen LogP contribution < -0.4 is 19.9 Å². The van der Waals surface area contributed by atoms with Crippen molar-refractivity contribution in [2.45, 2.75) is 38.4 Å². The summed E-state index contributed by atoms with van der Waals surface area (Å²) in [7, 11) is 2.12. The Balaban J connectivity index is 1.44. The van der Waals surface area contributed by atoms with Crippen molar-refractivity contribution in [3.05, 3.63) is 119 Å². The fraction of sp³-hybridized carbons (Fsp3) is 0.212. The van der Waals surface area contributed by atoms with E-state index in [0.717, 1.165) is 34.1 Å². The zero-order valence-electron chi connectivity index (χ0n) is 22.9. The first-order chi connectivity index (χ1) is 19.2. The van der Waals surface area contributed by atoms with Crippen LogP contribution in [0.4, 0.5) is 11.4 Å². The van der Waals surface area contributed by atoms with Gasteiger partial charge in [-0.2, -0.15) is 0 Å². The predicted molar refractivity (Wildman–Crippen MR) is 168 cm³/mol. The van der Waals surface area contributed by atoms with Crippen molar-refractivity contribution in [1.82, 2.24) is 10.3 Å². The van der Waals surface area contributed by atoms with Crippen molar-refractivity contribution in [3.63, 3.8) is 0 Å². The number of nitrogens with one attached hydrogen (secondary N) is 1. The smallest absolute Gasteiger partial charge is 0.174 e. The quantitative estimate of drug-likeness (QED) is 0.245. The molecule has 202 valence electrons. The molecule has 5 nitrogen and oxygen atoms in total. The highest BCUT2D eigenvalue weighted by Gasteiger charge is 2.42. The van der Waals surface area contributed by atoms with E-state index in [1.165, 1.54) is 11.1 Å². The Morgan fingerprint density at radius 2 is 1.65 bits per heavy atom. The molecule has 2 atom stereocenters. The molecule has 6 rings (SSSR count). The highest BCUT2D eigenvalue weighted by molar-refractivity contribution is 7.80. The minimum atomic E-state index is -0.214. The standard InChI is InChI=1S/C33H31ClN4OS/c1-21-20-33(2,3)37(4)29-19-27(34)26(18-25(21)29)31-30(28-12-8-9-17-35-28)36-32(40)38(31)22-13-15-24(16-14-22)39-23-10-6-5-7-11-23/h5-20,30-31H,1-4H3,(H,36,40)/t30-,31+/m1/s1. The molecule has 0 bridgehead atoms. The fourth-order valence-corrected chi connectivity index (χ4v) is 6.28. The Morgan fingerprint density at radius 1 is 0.950 bits per heavy atom. The number of pyridine rings is 1. The molecule has 0 amide bonds. The first-order valence-corrected chi connectivity index (χ1v) is 14.1. The molecule has 3 heterocycles. The van der Waals surface area contributed by atoms with Gasteiger partial charge in [0.05, 0.1) is 23.3 Å². The maximum atomic E-state index is 7.13. The number of rotatable bonds is 5. The maximum absolute atomic E-state index is 7.13. The number of nitrogens with zero attached hydrogens (tertiary/aromatic N) is 3. The van der Waals surface area contributed by atoms with Crippen LogP contribution in [0.3, 0.4) is 0 Å². The molecule has 7 heteroatoms. The minimum Gasteiger partial charge on any atom is -0.457 e. The average molecular weight is 567 g/mol. The number of likely N-dealkylation sites (N-methyl/N-ethyl adjacent to an activating group) is 1. The van der Waals surface area contributed by atoms with Crippen LogP contribution in [-0.2, 0) is 0 Å². The summed E-state index contributed by atoms with van der Waals surface area (Å²) in [6, 6.07) is 27.6. The Kier molecular flexibility index (Phi) is 6.77. The van der Waals surface area contributed by atoms with Crippen LogP contribution in [0.25, 0.3) is 5.57 Å². The lowest BCUT2D eigenvalue weighted by molar-refractivity contribution is 0.482. The van der Waals surface area contributed by atoms with E-state index >= 15 is 0 Å². The molecule has 0 unspecified atom stereocenters. The summed E-state index contributed by atoms with van der Waals surface area (Å²) in [5.74, 6) is 1.54. The van der Waals surface area contributed by atoms with Gasteiger partial charge in [-0.25, -0.2) is 0 Å². The van der Waals surface area contributed by atoms with Crippen molar-refractivity contribution < 1.29 is 4.74 Å². The van der Waals surface area contributed by atoms with E-state index in [4.69, 9.17) is 33.5 Å². The second-order valence-electron chi connectivity index (χ2n) is 10.8. The van der Waals surface area contributed by atoms with Crippen LogP contribution in [0.1, 0.15) is 49.7 Å². The second-order valence-corrected chi connectivity index (χ2v) is 11.6. The summed E-state index contributed by atoms with van der Waals surface area (Å²) in [6.07, 6.45) is 4.12. The number of ether oxygens (including phenoxy) is 1. The molecule has 40 heavy (non-hydrogen) atoms. The van der Waals surface area contributed by atoms with Gasteiger partial charge < -0.3 is 19.9 Å². The number of hydrogen-bond donors (Lipinski definition) is 1. The summed E-state index contributed by atoms with van der Waals surface area (Å²) in [6.45, 7) is 6.59. The second kappa shape index (κ2) is 10.3. The monoisotopic (exact) mass is 566 g/mol. The molecular weight excluding hydrogens is 536 g/mol. The Morgan fingerprint density at radius 3 is 2.35 bits per heavy atom. The van der Waals surface area contributed by atoms with Crippen LogP contribution >= 0.6 is 23.8 Å². The number of halogens is 1. The predicted octanol–water partition coefficient (Wildman–Crippen LogP) is 8.34. The molecule has 1 saturated heterocycles. The molecule has 0 saturated carbocycles. The van der Waals surface area contributed by atoms with Crippen molar-refractivity contribution in [3.8, 4) is 11.5 Å². The Labute approximate surface area is 246 Å². The molecule has 0 spiro atoms. The third-order valence-corrected chi connectivity index (χ3v) is 8.49. The number of anilines is 2. The molecule has 1 aromatic heterocycles. The summed E-state index contributed by atoms with van der Waals surface area (Å²) in [5.41, 5.74) is 6.26. The average Bonchev–Trinajstić information content (AvgIpc) is 3.29. The van der Waals surface area contributed by atoms with E-state index in [2.05, 4.69) is 61.1 Å². The van der Waals surface area contributed by atoms with Crippen LogP contribution in [0.5, 0.6) is 11.5 Å². The molecule has 1 fully saturated rings. The van der Waals surface area contributed by atoms with Crippen LogP contribution in [0, 0.1) is 0 Å². The van der Waals surface area contributed by atoms with Crippen LogP contribution in [0.15, 0.2) is 97.2 Å². The normalized spacial score (nSPS) is 19.6. The number of hydrogen-bond acceptors (Lipinski definition) is 4. The van der Waals surface area contributed by atoms with E-state index in [1.54, 1.807) is 0 Å². The van der Waals surface area contributed by atoms with Crippen molar-refractivity contribution in [2.24, 2.45) is 0 Å². The maximum Gasteiger partial charge on any atom is 0.174 e. The molecule has 0 aliphatic carbocycles. The van der Waals surface area contributed by atoms with Gasteiger partial charge in [-0.15, -0.1) is 0 Å². The van der Waals surface area contributed by atoms with Gasteiger partial charge in [-0.1, -0.05) is 41.9 Å². The molecule has 0 radical (unpaired) electrons. The van der Waals surface area contributed by atoms with E-state index in [-0.39, 0.29) is 17.6 Å². The highest BCUT2D eigenvalue weighted by atomic mass is 35.5. The van der Waals surface area contributed by atoms with Crippen molar-refractivity contribution in [2.75, 3.05) is 16.8 Å². The number of thiocarbonyl (C=S) groups is 1. The fourth-order valence-electron chi connectivity index (χ4n) is 5.66. The first kappa shape index (κ1) is 26.4. The number of fused-ring (bicyclic) bond motifs is 1. The lowest BCUT2D eigenvalue weighted by Crippen LogP contribution is -2.42. The lowest BCUT2D eigenvalue weighted by atomic mass is 9.86. The third kappa shape index (κ3) is 4.72. The minimum absolute atomic E-state index is 0.107. The number of aromatic nitrogens is 1. The largest absolute Gasteiger partial charge is 0.457 e. The third-order valence-electron chi connectivity index (χ3n) is 7.85. The van der Waals surface area contributed by atoms with E-state index in [0.29, 0.717) is 10.1 Å². The van der Waals surface area contributed by atoms with E-state index in [1.807, 2.05) is 79.0 Å². The van der Waals surface area contributed by atoms with Gasteiger partial charge in [0.1, 0.15) is 11.5 Å².